The van der Waals surface area contributed by atoms with Crippen molar-refractivity contribution in [2.75, 3.05) is 11.9 Å². The second kappa shape index (κ2) is 3.93. The van der Waals surface area contributed by atoms with Crippen molar-refractivity contribution in [3.05, 3.63) is 29.8 Å². The Hall–Kier alpha value is -1.31. The number of rotatable bonds is 3. The van der Waals surface area contributed by atoms with E-state index in [0.717, 1.165) is 25.8 Å². The molecule has 3 rings (SSSR count). The largest absolute Gasteiger partial charge is 0.384 e. The van der Waals surface area contributed by atoms with Crippen LogP contribution in [0.4, 0.5) is 5.69 Å². The van der Waals surface area contributed by atoms with Gasteiger partial charge >= 0.3 is 0 Å². The van der Waals surface area contributed by atoms with Gasteiger partial charge in [0.05, 0.1) is 0 Å². The van der Waals surface area contributed by atoms with Crippen molar-refractivity contribution in [2.24, 2.45) is 5.92 Å². The SMILES string of the molecule is O=C(CC1CNc2ccccc21)C1CCC1. The average Bonchev–Trinajstić information content (AvgIpc) is 2.59. The molecule has 1 aromatic rings. The number of nitrogens with one attached hydrogen (secondary N) is 1. The van der Waals surface area contributed by atoms with Crippen LogP contribution in [0.5, 0.6) is 0 Å². The monoisotopic (exact) mass is 215 g/mol. The van der Waals surface area contributed by atoms with E-state index in [9.17, 15) is 4.79 Å². The molecule has 84 valence electrons. The fourth-order valence-electron chi connectivity index (χ4n) is 2.68. The van der Waals surface area contributed by atoms with E-state index >= 15 is 0 Å². The molecule has 2 heteroatoms. The minimum Gasteiger partial charge on any atom is -0.384 e. The Bertz CT molecular complexity index is 409. The lowest BCUT2D eigenvalue weighted by Crippen LogP contribution is -2.24. The van der Waals surface area contributed by atoms with E-state index < -0.39 is 0 Å². The van der Waals surface area contributed by atoms with Gasteiger partial charge in [-0.25, -0.2) is 0 Å². The van der Waals surface area contributed by atoms with Crippen molar-refractivity contribution < 1.29 is 4.79 Å². The summed E-state index contributed by atoms with van der Waals surface area (Å²) in [4.78, 5) is 12.0. The highest BCUT2D eigenvalue weighted by molar-refractivity contribution is 5.83. The first kappa shape index (κ1) is 9.88. The van der Waals surface area contributed by atoms with Gasteiger partial charge in [-0.15, -0.1) is 0 Å². The zero-order valence-electron chi connectivity index (χ0n) is 9.41. The van der Waals surface area contributed by atoms with Crippen LogP contribution in [0.15, 0.2) is 24.3 Å². The molecule has 16 heavy (non-hydrogen) atoms. The molecule has 1 aromatic carbocycles. The van der Waals surface area contributed by atoms with E-state index in [1.165, 1.54) is 17.7 Å². The number of hydrogen-bond acceptors (Lipinski definition) is 2. The molecule has 1 fully saturated rings. The van der Waals surface area contributed by atoms with Crippen LogP contribution >= 0.6 is 0 Å². The first-order valence-corrected chi connectivity index (χ1v) is 6.20. The van der Waals surface area contributed by atoms with E-state index in [-0.39, 0.29) is 0 Å². The highest BCUT2D eigenvalue weighted by Crippen LogP contribution is 2.36. The minimum absolute atomic E-state index is 0.382. The van der Waals surface area contributed by atoms with Crippen molar-refractivity contribution in [3.63, 3.8) is 0 Å². The highest BCUT2D eigenvalue weighted by atomic mass is 16.1. The van der Waals surface area contributed by atoms with Crippen molar-refractivity contribution >= 4 is 11.5 Å². The van der Waals surface area contributed by atoms with Gasteiger partial charge in [0.1, 0.15) is 5.78 Å². The molecule has 1 N–H and O–H groups in total. The summed E-state index contributed by atoms with van der Waals surface area (Å²) >= 11 is 0. The van der Waals surface area contributed by atoms with Crippen LogP contribution in [0.25, 0.3) is 0 Å². The van der Waals surface area contributed by atoms with Crippen LogP contribution in [0.1, 0.15) is 37.2 Å². The van der Waals surface area contributed by atoms with Gasteiger partial charge in [0.2, 0.25) is 0 Å². The van der Waals surface area contributed by atoms with Crippen LogP contribution in [0.3, 0.4) is 0 Å². The Morgan fingerprint density at radius 1 is 1.31 bits per heavy atom. The van der Waals surface area contributed by atoms with E-state index in [1.807, 2.05) is 6.07 Å². The van der Waals surface area contributed by atoms with E-state index in [2.05, 4.69) is 23.5 Å². The number of benzene rings is 1. The van der Waals surface area contributed by atoms with Gasteiger partial charge in [-0.05, 0) is 24.5 Å². The zero-order valence-corrected chi connectivity index (χ0v) is 9.41. The topological polar surface area (TPSA) is 29.1 Å². The molecule has 0 spiro atoms. The third-order valence-electron chi connectivity index (χ3n) is 3.95. The molecular weight excluding hydrogens is 198 g/mol. The molecule has 1 aliphatic heterocycles. The maximum absolute atomic E-state index is 12.0. The quantitative estimate of drug-likeness (QED) is 0.840. The number of Topliss-reactive ketones (excluding diaryl/α,β-unsaturated/α-hetero) is 1. The predicted molar refractivity (Wildman–Crippen MR) is 64.6 cm³/mol. The lowest BCUT2D eigenvalue weighted by atomic mass is 9.79. The lowest BCUT2D eigenvalue weighted by Gasteiger charge is -2.25. The molecule has 0 bridgehead atoms. The number of para-hydroxylation sites is 1. The van der Waals surface area contributed by atoms with Gasteiger partial charge in [-0.3, -0.25) is 4.79 Å². The maximum Gasteiger partial charge on any atom is 0.136 e. The summed E-state index contributed by atoms with van der Waals surface area (Å²) in [6.07, 6.45) is 4.23. The Kier molecular flexibility index (Phi) is 2.43. The number of ketones is 1. The molecule has 1 aliphatic carbocycles. The van der Waals surface area contributed by atoms with Crippen LogP contribution in [-0.2, 0) is 4.79 Å². The molecule has 2 aliphatic rings. The number of carbonyl (C=O) groups excluding carboxylic acids is 1. The third kappa shape index (κ3) is 1.62. The Morgan fingerprint density at radius 3 is 2.88 bits per heavy atom. The molecule has 0 radical (unpaired) electrons. The van der Waals surface area contributed by atoms with E-state index in [4.69, 9.17) is 0 Å². The van der Waals surface area contributed by atoms with E-state index in [0.29, 0.717) is 17.6 Å². The molecule has 0 amide bonds. The predicted octanol–water partition coefficient (Wildman–Crippen LogP) is 2.96. The summed E-state index contributed by atoms with van der Waals surface area (Å²) in [5.74, 6) is 1.27. The smallest absolute Gasteiger partial charge is 0.136 e. The molecule has 1 saturated carbocycles. The second-order valence-electron chi connectivity index (χ2n) is 4.96. The fourth-order valence-corrected chi connectivity index (χ4v) is 2.68. The summed E-state index contributed by atoms with van der Waals surface area (Å²) in [6.45, 7) is 0.928. The average molecular weight is 215 g/mol. The van der Waals surface area contributed by atoms with Crippen LogP contribution in [0, 0.1) is 5.92 Å². The van der Waals surface area contributed by atoms with Crippen LogP contribution in [-0.4, -0.2) is 12.3 Å². The number of fused-ring (bicyclic) bond motifs is 1. The first-order valence-electron chi connectivity index (χ1n) is 6.20. The normalized spacial score (nSPS) is 23.4. The summed E-state index contributed by atoms with van der Waals surface area (Å²) < 4.78 is 0. The van der Waals surface area contributed by atoms with Crippen molar-refractivity contribution in [1.29, 1.82) is 0 Å². The number of anilines is 1. The molecule has 1 unspecified atom stereocenters. The molecule has 0 saturated heterocycles. The van der Waals surface area contributed by atoms with Crippen LogP contribution in [0.2, 0.25) is 0 Å². The van der Waals surface area contributed by atoms with Gasteiger partial charge in [-0.2, -0.15) is 0 Å². The summed E-state index contributed by atoms with van der Waals surface area (Å²) in [7, 11) is 0. The Morgan fingerprint density at radius 2 is 2.12 bits per heavy atom. The Labute approximate surface area is 96.1 Å². The summed E-state index contributed by atoms with van der Waals surface area (Å²) in [5, 5.41) is 3.38. The molecule has 2 nitrogen and oxygen atoms in total. The molecule has 0 aromatic heterocycles. The van der Waals surface area contributed by atoms with E-state index in [1.54, 1.807) is 0 Å². The third-order valence-corrected chi connectivity index (χ3v) is 3.95. The molecule has 1 atom stereocenters. The first-order chi connectivity index (χ1) is 7.84. The van der Waals surface area contributed by atoms with Crippen LogP contribution < -0.4 is 5.32 Å². The standard InChI is InChI=1S/C14H17NO/c16-14(10-4-3-5-10)8-11-9-15-13-7-2-1-6-12(11)13/h1-2,6-7,10-11,15H,3-5,8-9H2. The summed E-state index contributed by atoms with van der Waals surface area (Å²) in [5.41, 5.74) is 2.55. The second-order valence-corrected chi connectivity index (χ2v) is 4.96. The molecule has 1 heterocycles. The maximum atomic E-state index is 12.0. The van der Waals surface area contributed by atoms with Gasteiger partial charge in [-0.1, -0.05) is 24.6 Å². The fraction of sp³-hybridized carbons (Fsp3) is 0.500. The molecular formula is C14H17NO. The summed E-state index contributed by atoms with van der Waals surface area (Å²) in [6, 6.07) is 8.35. The zero-order chi connectivity index (χ0) is 11.0. The Balaban J connectivity index is 1.70. The van der Waals surface area contributed by atoms with Crippen molar-refractivity contribution in [1.82, 2.24) is 0 Å². The minimum atomic E-state index is 0.382. The van der Waals surface area contributed by atoms with Gasteiger partial charge in [0.15, 0.2) is 0 Å². The lowest BCUT2D eigenvalue weighted by molar-refractivity contribution is -0.125. The number of carbonyl (C=O) groups is 1. The van der Waals surface area contributed by atoms with Crippen molar-refractivity contribution in [3.8, 4) is 0 Å². The van der Waals surface area contributed by atoms with Crippen molar-refractivity contribution in [2.45, 2.75) is 31.6 Å². The number of hydrogen-bond donors (Lipinski definition) is 1. The van der Waals surface area contributed by atoms with Gasteiger partial charge in [0.25, 0.3) is 0 Å². The van der Waals surface area contributed by atoms with Gasteiger partial charge < -0.3 is 5.32 Å². The van der Waals surface area contributed by atoms with Gasteiger partial charge in [0, 0.05) is 30.5 Å². The highest BCUT2D eigenvalue weighted by Gasteiger charge is 2.30.